The molecule has 3 rings (SSSR count). The maximum absolute atomic E-state index is 15.0. The summed E-state index contributed by atoms with van der Waals surface area (Å²) in [5.41, 5.74) is 38.3. The lowest BCUT2D eigenvalue weighted by atomic mass is 10.00. The Morgan fingerprint density at radius 1 is 0.361 bits per heavy atom. The van der Waals surface area contributed by atoms with E-state index in [-0.39, 0.29) is 96.9 Å². The Morgan fingerprint density at radius 3 is 1.10 bits per heavy atom. The first-order valence-electron chi connectivity index (χ1n) is 47.1. The van der Waals surface area contributed by atoms with E-state index in [0.717, 1.165) is 9.80 Å². The highest BCUT2D eigenvalue weighted by Gasteiger charge is 2.45. The number of carbonyl (C=O) groups excluding carboxylic acids is 20. The third-order valence-corrected chi connectivity index (χ3v) is 22.8. The average molecular weight is 2090 g/mol. The number of amides is 20. The fourth-order valence-electron chi connectivity index (χ4n) is 15.3. The second-order valence-electron chi connectivity index (χ2n) is 35.4. The van der Waals surface area contributed by atoms with Crippen molar-refractivity contribution in [2.45, 2.75) is 278 Å². The Labute approximate surface area is 841 Å². The van der Waals surface area contributed by atoms with Crippen molar-refractivity contribution < 1.29 is 156 Å². The highest BCUT2D eigenvalue weighted by molar-refractivity contribution is 6.04. The standard InChI is InChI=1S/C87H138N28O32/c1-41(2)32-50(106-73(134)51(33-43-14-6-5-7-15-43)107-75(136)53(35-65(124)125)109-76(137)54(36-66(126)127)110-79(140)57(40-117)112-74(135)52(34-62(92)120)99-63(121)38-89)72(133)111-56(39-116)78(139)100-45(21-24-60(90)118)70(131)104-48(22-25-61(91)119)84(145)115-31-13-20-59(115)81(142)102-46(23-26-64(122)123)71(132)103-47(18-11-29-98-87(95)96)83(144)114-30-12-19-58(114)80(141)101-44(17-10-28-97-86(93)94)69(130)108-55(37-67(128)129)77(138)113-68(42(3)4)82(143)105-49(85(146)147)16-8-9-27-88/h5-7,14-15,41-42,44-59,68,116-117H,8-13,16-40,88-89H2,1-4H3,(H2,90,118)(H2,91,119)(H2,92,120)(H,99,121)(H,100,139)(H,101,141)(H,102,142)(H,103,132)(H,104,131)(H,105,143)(H,106,134)(H,107,136)(H,108,130)(H,109,137)(H,110,140)(H,111,133)(H,112,135)(H,113,138)(H,122,123)(H,124,125)(H,126,127)(H,128,129)(H,146,147)(H4,93,94,97)(H4,95,96,98)/t44-,45-,46-,47-,48-,49-,50-,51-,52-,53-,54-,55-,56-,57-,58-,59-,68-/m0/s1. The van der Waals surface area contributed by atoms with Crippen LogP contribution in [-0.2, 0) is 126 Å². The number of unbranched alkanes of at least 4 members (excludes halogenated alkanes) is 1. The summed E-state index contributed by atoms with van der Waals surface area (Å²) in [6.07, 6.45) is -10.0. The van der Waals surface area contributed by atoms with Gasteiger partial charge in [0.25, 0.3) is 0 Å². The summed E-state index contributed by atoms with van der Waals surface area (Å²) in [7, 11) is 0. The Bertz CT molecular complexity index is 4840. The summed E-state index contributed by atoms with van der Waals surface area (Å²) < 4.78 is 0. The zero-order chi connectivity index (χ0) is 111. The van der Waals surface area contributed by atoms with E-state index in [9.17, 15) is 151 Å². The molecule has 0 bridgehead atoms. The number of likely N-dealkylation sites (tertiary alicyclic amines) is 2. The fourth-order valence-corrected chi connectivity index (χ4v) is 15.3. The molecule has 17 atom stereocenters. The van der Waals surface area contributed by atoms with Gasteiger partial charge in [0.1, 0.15) is 103 Å². The number of carbonyl (C=O) groups is 25. The SMILES string of the molecule is CC(C)C[C@H](NC(=O)[C@H](Cc1ccccc1)NC(=O)[C@H](CC(=O)O)NC(=O)[C@H](CC(=O)O)NC(=O)[C@H](CO)NC(=O)[C@H](CC(N)=O)NC(=O)CN)C(=O)N[C@@H](CO)C(=O)N[C@@H](CCC(N)=O)C(=O)N[C@@H](CCC(N)=O)C(=O)N1CCC[C@H]1C(=O)N[C@@H](CCC(=O)O)C(=O)N[C@@H](CCCNC(=N)N)C(=O)N1CCC[C@H]1C(=O)N[C@@H](CCCNC(=N)N)C(=O)N[C@@H](CC(=O)O)C(=O)N[C@H](C(=O)N[C@@H](CCCCN)C(=O)O)C(C)C. The van der Waals surface area contributed by atoms with Gasteiger partial charge in [-0.1, -0.05) is 58.0 Å². The Hall–Kier alpha value is -15.6. The highest BCUT2D eigenvalue weighted by atomic mass is 16.4. The monoisotopic (exact) mass is 2090 g/mol. The number of aliphatic hydroxyl groups is 2. The van der Waals surface area contributed by atoms with E-state index in [2.05, 4.69) is 74.4 Å². The first kappa shape index (κ1) is 126. The normalized spacial score (nSPS) is 16.1. The molecule has 2 aliphatic heterocycles. The topological polar surface area (TPSA) is 1010 Å². The second kappa shape index (κ2) is 64.2. The molecular formula is C87H138N28O32. The molecule has 1 aromatic rings. The van der Waals surface area contributed by atoms with Crippen LogP contribution in [0.25, 0.3) is 0 Å². The van der Waals surface area contributed by atoms with Gasteiger partial charge in [-0.25, -0.2) is 4.79 Å². The molecule has 60 heteroatoms. The van der Waals surface area contributed by atoms with E-state index in [1.807, 2.05) is 16.0 Å². The number of primary amides is 3. The van der Waals surface area contributed by atoms with Crippen molar-refractivity contribution >= 4 is 160 Å². The van der Waals surface area contributed by atoms with Crippen molar-refractivity contribution in [3.05, 3.63) is 35.9 Å². The van der Waals surface area contributed by atoms with Gasteiger partial charge in [0.15, 0.2) is 11.9 Å². The maximum atomic E-state index is 15.0. The molecule has 0 unspecified atom stereocenters. The second-order valence-corrected chi connectivity index (χ2v) is 35.4. The number of hydrogen-bond acceptors (Lipinski definition) is 31. The summed E-state index contributed by atoms with van der Waals surface area (Å²) in [5.74, 6) is -34.5. The van der Waals surface area contributed by atoms with Crippen molar-refractivity contribution in [3.8, 4) is 0 Å². The molecule has 2 fully saturated rings. The van der Waals surface area contributed by atoms with E-state index < -0.39 is 365 Å². The van der Waals surface area contributed by atoms with Crippen LogP contribution in [0.5, 0.6) is 0 Å². The average Bonchev–Trinajstić information content (AvgIpc) is 1.71. The number of nitrogens with zero attached hydrogens (tertiary/aromatic N) is 2. The molecule has 0 saturated carbocycles. The van der Waals surface area contributed by atoms with Crippen LogP contribution in [0.1, 0.15) is 175 Å². The van der Waals surface area contributed by atoms with Crippen LogP contribution in [0, 0.1) is 22.7 Å². The predicted molar refractivity (Wildman–Crippen MR) is 509 cm³/mol. The quantitative estimate of drug-likeness (QED) is 0.0164. The summed E-state index contributed by atoms with van der Waals surface area (Å²) in [6.45, 7) is 2.35. The highest BCUT2D eigenvalue weighted by Crippen LogP contribution is 2.24. The van der Waals surface area contributed by atoms with Gasteiger partial charge in [-0.3, -0.25) is 126 Å². The van der Waals surface area contributed by atoms with Crippen LogP contribution in [0.2, 0.25) is 0 Å². The molecule has 60 nitrogen and oxygen atoms in total. The number of nitrogens with one attached hydrogen (secondary N) is 19. The molecule has 2 heterocycles. The molecule has 2 aliphatic rings. The fraction of sp³-hybridized carbons (Fsp3) is 0.621. The Kier molecular flexibility index (Phi) is 54.8. The lowest BCUT2D eigenvalue weighted by molar-refractivity contribution is -0.144. The van der Waals surface area contributed by atoms with Crippen molar-refractivity contribution in [1.29, 1.82) is 10.8 Å². The first-order valence-corrected chi connectivity index (χ1v) is 47.1. The largest absolute Gasteiger partial charge is 0.481 e. The van der Waals surface area contributed by atoms with Gasteiger partial charge in [0.05, 0.1) is 45.4 Å². The Morgan fingerprint density at radius 2 is 0.701 bits per heavy atom. The molecule has 1 aromatic carbocycles. The molecule has 0 spiro atoms. The molecular weight excluding hydrogens is 1950 g/mol. The summed E-state index contributed by atoms with van der Waals surface area (Å²) in [4.78, 5) is 341. The minimum absolute atomic E-state index is 0.0111. The van der Waals surface area contributed by atoms with Crippen LogP contribution in [0.3, 0.4) is 0 Å². The number of nitrogens with two attached hydrogens (primary N) is 7. The van der Waals surface area contributed by atoms with Gasteiger partial charge in [-0.2, -0.15) is 0 Å². The maximum Gasteiger partial charge on any atom is 0.326 e. The number of benzene rings is 1. The molecule has 147 heavy (non-hydrogen) atoms. The van der Waals surface area contributed by atoms with Gasteiger partial charge in [0.2, 0.25) is 118 Å². The number of carboxylic acid groups (broad SMARTS) is 5. The summed E-state index contributed by atoms with van der Waals surface area (Å²) in [6, 6.07) is -23.6. The summed E-state index contributed by atoms with van der Waals surface area (Å²) in [5, 5.41) is 125. The molecule has 20 amide bonds. The van der Waals surface area contributed by atoms with Gasteiger partial charge >= 0.3 is 29.8 Å². The van der Waals surface area contributed by atoms with Crippen molar-refractivity contribution in [2.75, 3.05) is 52.5 Å². The zero-order valence-corrected chi connectivity index (χ0v) is 81.5. The van der Waals surface area contributed by atoms with Crippen molar-refractivity contribution in [3.63, 3.8) is 0 Å². The van der Waals surface area contributed by atoms with Gasteiger partial charge in [-0.05, 0) is 120 Å². The van der Waals surface area contributed by atoms with E-state index in [1.54, 1.807) is 19.9 Å². The van der Waals surface area contributed by atoms with Crippen LogP contribution in [0.15, 0.2) is 30.3 Å². The molecule has 0 aromatic heterocycles. The lowest BCUT2D eigenvalue weighted by Crippen LogP contribution is -2.62. The third-order valence-electron chi connectivity index (χ3n) is 22.8. The van der Waals surface area contributed by atoms with E-state index >= 15 is 4.79 Å². The van der Waals surface area contributed by atoms with Gasteiger partial charge in [0, 0.05) is 51.9 Å². The molecule has 40 N–H and O–H groups in total. The van der Waals surface area contributed by atoms with E-state index in [1.165, 1.54) is 38.1 Å². The minimum atomic E-state index is -2.26. The Balaban J connectivity index is 2.00. The molecule has 2 saturated heterocycles. The molecule has 0 aliphatic carbocycles. The number of aliphatic hydroxyl groups excluding tert-OH is 2. The van der Waals surface area contributed by atoms with Gasteiger partial charge < -0.3 is 176 Å². The van der Waals surface area contributed by atoms with Crippen molar-refractivity contribution in [2.24, 2.45) is 52.0 Å². The minimum Gasteiger partial charge on any atom is -0.481 e. The van der Waals surface area contributed by atoms with Crippen molar-refractivity contribution in [1.82, 2.24) is 100 Å². The molecule has 818 valence electrons. The van der Waals surface area contributed by atoms with E-state index in [0.29, 0.717) is 18.4 Å². The van der Waals surface area contributed by atoms with E-state index in [4.69, 9.17) is 51.0 Å². The number of rotatable bonds is 69. The number of carboxylic acids is 5. The first-order chi connectivity index (χ1) is 69.1. The summed E-state index contributed by atoms with van der Waals surface area (Å²) >= 11 is 0. The van der Waals surface area contributed by atoms with Gasteiger partial charge in [-0.15, -0.1) is 0 Å². The lowest BCUT2D eigenvalue weighted by Gasteiger charge is -2.32. The zero-order valence-electron chi connectivity index (χ0n) is 81.5. The van der Waals surface area contributed by atoms with Crippen LogP contribution < -0.4 is 131 Å². The van der Waals surface area contributed by atoms with Crippen LogP contribution >= 0.6 is 0 Å². The smallest absolute Gasteiger partial charge is 0.326 e. The third kappa shape index (κ3) is 45.9. The number of aliphatic carboxylic acids is 5. The number of hydrogen-bond donors (Lipinski definition) is 33. The molecule has 0 radical (unpaired) electrons. The predicted octanol–water partition coefficient (Wildman–Crippen LogP) is -13.4. The van der Waals surface area contributed by atoms with Crippen LogP contribution in [0.4, 0.5) is 0 Å². The number of guanidine groups is 2. The van der Waals surface area contributed by atoms with Crippen LogP contribution in [-0.4, -0.2) is 361 Å².